The predicted molar refractivity (Wildman–Crippen MR) is 146 cm³/mol. The van der Waals surface area contributed by atoms with Crippen LogP contribution in [-0.4, -0.2) is 0 Å². The molecule has 0 fully saturated rings. The van der Waals surface area contributed by atoms with Crippen molar-refractivity contribution in [1.82, 2.24) is 0 Å². The Kier molecular flexibility index (Phi) is 6.86. The molecule has 1 aliphatic rings. The largest absolute Gasteiger partial charge is 0.399 e. The second kappa shape index (κ2) is 9.97. The Morgan fingerprint density at radius 3 is 1.73 bits per heavy atom. The number of hydrogen-bond acceptors (Lipinski definition) is 2. The standard InChI is InChI=1S/C18H16.C12H12N2.ClH/c1-3-7-15-13(5-1)9-11-18-16-8-4-2-6-14(16)10-12-17(15)18;13-11-5-1-9(2-6-11)10-3-7-12(14)8-4-10;/h1,3,5,7,9-12H,2,4,6,8H2;1-8H,13-14H2;1H. The molecule has 3 heteroatoms. The van der Waals surface area contributed by atoms with Crippen LogP contribution in [-0.2, 0) is 12.8 Å². The summed E-state index contributed by atoms with van der Waals surface area (Å²) in [6, 6.07) is 33.5. The van der Waals surface area contributed by atoms with Crippen LogP contribution < -0.4 is 11.5 Å². The SMILES string of the molecule is Cl.Nc1ccc(-c2ccc(N)cc2)cc1.c1ccc2c(c1)ccc1c3c(ccc12)CCCC3. The second-order valence-corrected chi connectivity index (χ2v) is 8.54. The molecule has 0 heterocycles. The van der Waals surface area contributed by atoms with E-state index in [-0.39, 0.29) is 12.4 Å². The van der Waals surface area contributed by atoms with Gasteiger partial charge in [0.05, 0.1) is 0 Å². The molecular weight excluding hydrogens is 424 g/mol. The van der Waals surface area contributed by atoms with Crippen molar-refractivity contribution in [2.45, 2.75) is 25.7 Å². The number of nitrogen functional groups attached to an aromatic ring is 2. The molecule has 6 rings (SSSR count). The van der Waals surface area contributed by atoms with E-state index >= 15 is 0 Å². The maximum atomic E-state index is 5.61. The number of anilines is 2. The van der Waals surface area contributed by atoms with Crippen LogP contribution >= 0.6 is 12.4 Å². The highest BCUT2D eigenvalue weighted by atomic mass is 35.5. The van der Waals surface area contributed by atoms with Crippen molar-refractivity contribution in [3.8, 4) is 11.1 Å². The average Bonchev–Trinajstić information content (AvgIpc) is 2.85. The Hall–Kier alpha value is -3.49. The number of fused-ring (bicyclic) bond motifs is 5. The lowest BCUT2D eigenvalue weighted by molar-refractivity contribution is 0.690. The van der Waals surface area contributed by atoms with E-state index in [0.717, 1.165) is 22.5 Å². The quantitative estimate of drug-likeness (QED) is 0.201. The first-order chi connectivity index (χ1) is 15.7. The molecule has 166 valence electrons. The molecule has 0 aliphatic heterocycles. The highest BCUT2D eigenvalue weighted by Gasteiger charge is 2.13. The van der Waals surface area contributed by atoms with Gasteiger partial charge in [-0.2, -0.15) is 0 Å². The van der Waals surface area contributed by atoms with Crippen molar-refractivity contribution >= 4 is 45.3 Å². The van der Waals surface area contributed by atoms with Crippen LogP contribution in [0.2, 0.25) is 0 Å². The minimum atomic E-state index is 0. The van der Waals surface area contributed by atoms with Crippen LogP contribution in [0.15, 0.2) is 97.1 Å². The number of halogens is 1. The van der Waals surface area contributed by atoms with Crippen molar-refractivity contribution in [1.29, 1.82) is 0 Å². The Bertz CT molecular complexity index is 1330. The van der Waals surface area contributed by atoms with Crippen LogP contribution in [0.4, 0.5) is 11.4 Å². The van der Waals surface area contributed by atoms with Crippen LogP contribution in [0, 0.1) is 0 Å². The lowest BCUT2D eigenvalue weighted by atomic mass is 9.86. The van der Waals surface area contributed by atoms with Crippen LogP contribution in [0.3, 0.4) is 0 Å². The van der Waals surface area contributed by atoms with Crippen molar-refractivity contribution < 1.29 is 0 Å². The fourth-order valence-electron chi connectivity index (χ4n) is 4.69. The third kappa shape index (κ3) is 4.81. The topological polar surface area (TPSA) is 52.0 Å². The van der Waals surface area contributed by atoms with Crippen LogP contribution in [0.5, 0.6) is 0 Å². The molecule has 0 aromatic heterocycles. The third-order valence-electron chi connectivity index (χ3n) is 6.41. The Morgan fingerprint density at radius 2 is 1.06 bits per heavy atom. The number of aryl methyl sites for hydroxylation is 2. The van der Waals surface area contributed by atoms with Gasteiger partial charge in [-0.25, -0.2) is 0 Å². The molecule has 0 radical (unpaired) electrons. The zero-order chi connectivity index (χ0) is 21.9. The highest BCUT2D eigenvalue weighted by Crippen LogP contribution is 2.33. The van der Waals surface area contributed by atoms with E-state index in [4.69, 9.17) is 11.5 Å². The first kappa shape index (κ1) is 22.7. The monoisotopic (exact) mass is 452 g/mol. The van der Waals surface area contributed by atoms with E-state index in [1.807, 2.05) is 48.5 Å². The summed E-state index contributed by atoms with van der Waals surface area (Å²) in [5.41, 5.74) is 18.3. The fraction of sp³-hybridized carbons (Fsp3) is 0.133. The minimum Gasteiger partial charge on any atom is -0.399 e. The molecule has 5 aromatic rings. The first-order valence-corrected chi connectivity index (χ1v) is 11.3. The van der Waals surface area contributed by atoms with Crippen molar-refractivity contribution in [3.63, 3.8) is 0 Å². The molecule has 2 nitrogen and oxygen atoms in total. The summed E-state index contributed by atoms with van der Waals surface area (Å²) in [5, 5.41) is 5.64. The molecule has 1 aliphatic carbocycles. The summed E-state index contributed by atoms with van der Waals surface area (Å²) in [6.07, 6.45) is 5.22. The van der Waals surface area contributed by atoms with Gasteiger partial charge in [-0.05, 0) is 93.7 Å². The van der Waals surface area contributed by atoms with Gasteiger partial charge in [0.2, 0.25) is 0 Å². The molecule has 4 N–H and O–H groups in total. The fourth-order valence-corrected chi connectivity index (χ4v) is 4.69. The minimum absolute atomic E-state index is 0. The van der Waals surface area contributed by atoms with Crippen molar-refractivity contribution in [2.24, 2.45) is 0 Å². The van der Waals surface area contributed by atoms with E-state index in [0.29, 0.717) is 0 Å². The Balaban J connectivity index is 0.000000158. The summed E-state index contributed by atoms with van der Waals surface area (Å²) >= 11 is 0. The summed E-state index contributed by atoms with van der Waals surface area (Å²) in [6.45, 7) is 0. The molecule has 0 bridgehead atoms. The van der Waals surface area contributed by atoms with E-state index in [1.54, 1.807) is 11.1 Å². The predicted octanol–water partition coefficient (Wildman–Crippen LogP) is 7.81. The first-order valence-electron chi connectivity index (χ1n) is 11.3. The molecular formula is C30H29ClN2. The molecule has 33 heavy (non-hydrogen) atoms. The van der Waals surface area contributed by atoms with Gasteiger partial charge >= 0.3 is 0 Å². The van der Waals surface area contributed by atoms with Gasteiger partial charge in [-0.3, -0.25) is 0 Å². The number of rotatable bonds is 1. The van der Waals surface area contributed by atoms with Crippen LogP contribution in [0.25, 0.3) is 32.7 Å². The molecule has 0 saturated heterocycles. The summed E-state index contributed by atoms with van der Waals surface area (Å²) in [7, 11) is 0. The molecule has 5 aromatic carbocycles. The van der Waals surface area contributed by atoms with Crippen molar-refractivity contribution in [3.05, 3.63) is 108 Å². The second-order valence-electron chi connectivity index (χ2n) is 8.54. The number of benzene rings is 5. The van der Waals surface area contributed by atoms with Gasteiger partial charge in [0, 0.05) is 11.4 Å². The molecule has 0 amide bonds. The lowest BCUT2D eigenvalue weighted by Crippen LogP contribution is -2.02. The lowest BCUT2D eigenvalue weighted by Gasteiger charge is -2.18. The van der Waals surface area contributed by atoms with Gasteiger partial charge in [0.1, 0.15) is 0 Å². The van der Waals surface area contributed by atoms with E-state index in [2.05, 4.69) is 48.5 Å². The maximum absolute atomic E-state index is 5.61. The van der Waals surface area contributed by atoms with E-state index in [9.17, 15) is 0 Å². The highest BCUT2D eigenvalue weighted by molar-refractivity contribution is 6.08. The average molecular weight is 453 g/mol. The smallest absolute Gasteiger partial charge is 0.0314 e. The number of nitrogens with two attached hydrogens (primary N) is 2. The summed E-state index contributed by atoms with van der Waals surface area (Å²) in [4.78, 5) is 0. The zero-order valence-corrected chi connectivity index (χ0v) is 19.4. The molecule has 0 saturated carbocycles. The Morgan fingerprint density at radius 1 is 0.485 bits per heavy atom. The molecule has 0 spiro atoms. The third-order valence-corrected chi connectivity index (χ3v) is 6.41. The van der Waals surface area contributed by atoms with Gasteiger partial charge in [0.25, 0.3) is 0 Å². The normalized spacial score (nSPS) is 12.4. The Labute approximate surface area is 201 Å². The summed E-state index contributed by atoms with van der Waals surface area (Å²) in [5.74, 6) is 0. The molecule has 0 unspecified atom stereocenters. The van der Waals surface area contributed by atoms with Gasteiger partial charge in [0.15, 0.2) is 0 Å². The van der Waals surface area contributed by atoms with Crippen molar-refractivity contribution in [2.75, 3.05) is 11.5 Å². The summed E-state index contributed by atoms with van der Waals surface area (Å²) < 4.78 is 0. The van der Waals surface area contributed by atoms with Crippen LogP contribution in [0.1, 0.15) is 24.0 Å². The molecule has 0 atom stereocenters. The van der Waals surface area contributed by atoms with Gasteiger partial charge in [-0.1, -0.05) is 72.8 Å². The van der Waals surface area contributed by atoms with Gasteiger partial charge in [-0.15, -0.1) is 12.4 Å². The van der Waals surface area contributed by atoms with Gasteiger partial charge < -0.3 is 11.5 Å². The zero-order valence-electron chi connectivity index (χ0n) is 18.6. The van der Waals surface area contributed by atoms with E-state index in [1.165, 1.54) is 47.2 Å². The van der Waals surface area contributed by atoms with E-state index < -0.39 is 0 Å². The maximum Gasteiger partial charge on any atom is 0.0314 e. The number of hydrogen-bond donors (Lipinski definition) is 2.